The number of hydrogen-bond acceptors (Lipinski definition) is 6. The van der Waals surface area contributed by atoms with Crippen LogP contribution < -0.4 is 15.1 Å². The SMILES string of the molecule is CC(C)(C)c1ccc([C@H]2c3sc(=O)n(CC(=O)Nc4ccc5ccccc5c4)c3SC3C(=O)N(c4ccccc4C(F)(F)F)C(=O)C32)cc1. The summed E-state index contributed by atoms with van der Waals surface area (Å²) in [6, 6.07) is 25.2. The monoisotopic (exact) mass is 701 g/mol. The van der Waals surface area contributed by atoms with Crippen molar-refractivity contribution >= 4 is 63.0 Å². The Morgan fingerprint density at radius 3 is 2.20 bits per heavy atom. The molecule has 2 unspecified atom stereocenters. The molecule has 0 aliphatic carbocycles. The van der Waals surface area contributed by atoms with Crippen LogP contribution in [0.5, 0.6) is 0 Å². The number of thioether (sulfide) groups is 1. The number of imide groups is 1. The van der Waals surface area contributed by atoms with E-state index in [1.807, 2.05) is 60.7 Å². The molecule has 3 heterocycles. The number of thiazole rings is 1. The number of fused-ring (bicyclic) bond motifs is 3. The first kappa shape index (κ1) is 32.8. The first-order chi connectivity index (χ1) is 23.2. The van der Waals surface area contributed by atoms with Crippen LogP contribution in [-0.4, -0.2) is 27.5 Å². The molecule has 0 radical (unpaired) electrons. The van der Waals surface area contributed by atoms with Gasteiger partial charge in [-0.1, -0.05) is 111 Å². The number of nitrogens with one attached hydrogen (secondary N) is 1. The van der Waals surface area contributed by atoms with Gasteiger partial charge in [-0.15, -0.1) is 0 Å². The van der Waals surface area contributed by atoms with Crippen molar-refractivity contribution in [2.75, 3.05) is 10.2 Å². The molecule has 250 valence electrons. The van der Waals surface area contributed by atoms with Crippen LogP contribution in [0.25, 0.3) is 10.8 Å². The number of amides is 3. The van der Waals surface area contributed by atoms with Gasteiger partial charge in [-0.25, -0.2) is 4.90 Å². The summed E-state index contributed by atoms with van der Waals surface area (Å²) in [7, 11) is 0. The molecular formula is C37H30F3N3O4S2. The van der Waals surface area contributed by atoms with Gasteiger partial charge in [-0.3, -0.25) is 23.7 Å². The quantitative estimate of drug-likeness (QED) is 0.189. The van der Waals surface area contributed by atoms with Crippen LogP contribution in [0.3, 0.4) is 0 Å². The average molecular weight is 702 g/mol. The molecule has 2 aliphatic heterocycles. The Kier molecular flexibility index (Phi) is 8.06. The third kappa shape index (κ3) is 5.86. The van der Waals surface area contributed by atoms with Gasteiger partial charge in [-0.2, -0.15) is 13.2 Å². The molecule has 3 atom stereocenters. The van der Waals surface area contributed by atoms with Gasteiger partial charge in [0.2, 0.25) is 17.7 Å². The summed E-state index contributed by atoms with van der Waals surface area (Å²) >= 11 is 1.84. The van der Waals surface area contributed by atoms with Gasteiger partial charge >= 0.3 is 11.0 Å². The summed E-state index contributed by atoms with van der Waals surface area (Å²) in [6.45, 7) is 5.80. The summed E-state index contributed by atoms with van der Waals surface area (Å²) in [4.78, 5) is 55.8. The zero-order chi connectivity index (χ0) is 34.8. The number of rotatable bonds is 5. The second-order valence-corrected chi connectivity index (χ2v) is 15.3. The van der Waals surface area contributed by atoms with E-state index in [1.54, 1.807) is 6.07 Å². The van der Waals surface area contributed by atoms with E-state index in [0.29, 0.717) is 26.1 Å². The number of halogens is 3. The molecular weight excluding hydrogens is 672 g/mol. The summed E-state index contributed by atoms with van der Waals surface area (Å²) in [5, 5.41) is 3.99. The standard InChI is InChI=1S/C37H30F3N3O4S2/c1-36(2,3)23-15-12-21(13-16-23)28-29-30(33(46)43(32(29)45)26-11-7-6-10-25(26)37(38,39)40)48-34-31(28)49-35(47)42(34)19-27(44)41-24-17-14-20-8-4-5-9-22(20)18-24/h4-18,28-30H,19H2,1-3H3,(H,41,44)/t28-,29?,30?/m1/s1. The molecule has 0 saturated carbocycles. The summed E-state index contributed by atoms with van der Waals surface area (Å²) in [6.07, 6.45) is -4.81. The molecule has 12 heteroatoms. The van der Waals surface area contributed by atoms with Crippen molar-refractivity contribution in [3.63, 3.8) is 0 Å². The Hall–Kier alpha value is -4.68. The highest BCUT2D eigenvalue weighted by Crippen LogP contribution is 2.54. The van der Waals surface area contributed by atoms with E-state index in [4.69, 9.17) is 0 Å². The number of benzene rings is 4. The maximum atomic E-state index is 14.2. The van der Waals surface area contributed by atoms with Crippen molar-refractivity contribution in [1.29, 1.82) is 0 Å². The lowest BCUT2D eigenvalue weighted by Crippen LogP contribution is -2.33. The van der Waals surface area contributed by atoms with E-state index in [1.165, 1.54) is 16.7 Å². The highest BCUT2D eigenvalue weighted by Gasteiger charge is 2.57. The van der Waals surface area contributed by atoms with E-state index in [2.05, 4.69) is 26.1 Å². The number of alkyl halides is 3. The zero-order valence-electron chi connectivity index (χ0n) is 26.6. The Morgan fingerprint density at radius 2 is 1.51 bits per heavy atom. The van der Waals surface area contributed by atoms with E-state index in [9.17, 15) is 32.3 Å². The first-order valence-corrected chi connectivity index (χ1v) is 17.3. The van der Waals surface area contributed by atoms with E-state index >= 15 is 0 Å². The van der Waals surface area contributed by atoms with Crippen molar-refractivity contribution in [3.05, 3.63) is 122 Å². The van der Waals surface area contributed by atoms with Gasteiger partial charge in [0.15, 0.2) is 0 Å². The minimum Gasteiger partial charge on any atom is -0.325 e. The van der Waals surface area contributed by atoms with Crippen LogP contribution in [0.4, 0.5) is 24.5 Å². The first-order valence-electron chi connectivity index (χ1n) is 15.6. The molecule has 1 aromatic heterocycles. The fraction of sp³-hybridized carbons (Fsp3) is 0.243. The lowest BCUT2D eigenvalue weighted by atomic mass is 9.81. The molecule has 4 aromatic carbocycles. The average Bonchev–Trinajstić information content (AvgIpc) is 3.50. The normalized spacial score (nSPS) is 19.2. The number of nitrogens with zero attached hydrogens (tertiary/aromatic N) is 2. The fourth-order valence-corrected chi connectivity index (χ4v) is 9.34. The Labute approximate surface area is 287 Å². The topological polar surface area (TPSA) is 88.5 Å². The largest absolute Gasteiger partial charge is 0.418 e. The van der Waals surface area contributed by atoms with Crippen molar-refractivity contribution in [2.45, 2.75) is 55.1 Å². The minimum absolute atomic E-state index is 0.182. The van der Waals surface area contributed by atoms with Gasteiger partial charge in [0, 0.05) is 16.5 Å². The molecule has 7 nitrogen and oxygen atoms in total. The van der Waals surface area contributed by atoms with Crippen LogP contribution >= 0.6 is 23.1 Å². The van der Waals surface area contributed by atoms with E-state index in [0.717, 1.165) is 51.6 Å². The molecule has 1 N–H and O–H groups in total. The second-order valence-electron chi connectivity index (χ2n) is 13.2. The Bertz CT molecular complexity index is 2200. The zero-order valence-corrected chi connectivity index (χ0v) is 28.2. The predicted octanol–water partition coefficient (Wildman–Crippen LogP) is 7.81. The van der Waals surface area contributed by atoms with Crippen LogP contribution in [0.2, 0.25) is 0 Å². The lowest BCUT2D eigenvalue weighted by Gasteiger charge is -2.31. The molecule has 0 spiro atoms. The number of carbonyl (C=O) groups excluding carboxylic acids is 3. The van der Waals surface area contributed by atoms with Crippen molar-refractivity contribution in [1.82, 2.24) is 4.57 Å². The Balaban J connectivity index is 1.29. The number of para-hydroxylation sites is 1. The Morgan fingerprint density at radius 1 is 0.837 bits per heavy atom. The van der Waals surface area contributed by atoms with Crippen LogP contribution in [0.15, 0.2) is 101 Å². The van der Waals surface area contributed by atoms with Gasteiger partial charge in [0.1, 0.15) is 11.8 Å². The summed E-state index contributed by atoms with van der Waals surface area (Å²) in [5.74, 6) is -3.93. The number of aromatic nitrogens is 1. The minimum atomic E-state index is -4.81. The summed E-state index contributed by atoms with van der Waals surface area (Å²) < 4.78 is 43.6. The van der Waals surface area contributed by atoms with Crippen LogP contribution in [-0.2, 0) is 32.5 Å². The third-order valence-corrected chi connectivity index (χ3v) is 11.6. The molecule has 49 heavy (non-hydrogen) atoms. The van der Waals surface area contributed by atoms with Crippen LogP contribution in [0, 0.1) is 5.92 Å². The van der Waals surface area contributed by atoms with Crippen LogP contribution in [0.1, 0.15) is 48.3 Å². The van der Waals surface area contributed by atoms with Crippen molar-refractivity contribution < 1.29 is 27.6 Å². The van der Waals surface area contributed by atoms with E-state index < -0.39 is 57.1 Å². The van der Waals surface area contributed by atoms with E-state index in [-0.39, 0.29) is 12.0 Å². The second kappa shape index (κ2) is 12.0. The van der Waals surface area contributed by atoms with Gasteiger partial charge in [0.05, 0.1) is 22.2 Å². The highest BCUT2D eigenvalue weighted by molar-refractivity contribution is 8.00. The summed E-state index contributed by atoms with van der Waals surface area (Å²) in [5.41, 5.74) is 0.398. The number of anilines is 2. The molecule has 1 fully saturated rings. The lowest BCUT2D eigenvalue weighted by molar-refractivity contribution is -0.137. The fourth-order valence-electron chi connectivity index (χ4n) is 6.56. The molecule has 2 aliphatic rings. The molecule has 3 amide bonds. The third-order valence-electron chi connectivity index (χ3n) is 8.97. The highest BCUT2D eigenvalue weighted by atomic mass is 32.2. The number of carbonyl (C=O) groups is 3. The molecule has 7 rings (SSSR count). The predicted molar refractivity (Wildman–Crippen MR) is 185 cm³/mol. The molecule has 1 saturated heterocycles. The maximum Gasteiger partial charge on any atom is 0.418 e. The van der Waals surface area contributed by atoms with Gasteiger partial charge < -0.3 is 5.32 Å². The van der Waals surface area contributed by atoms with Crippen molar-refractivity contribution in [2.24, 2.45) is 5.92 Å². The molecule has 5 aromatic rings. The van der Waals surface area contributed by atoms with Crippen molar-refractivity contribution in [3.8, 4) is 0 Å². The van der Waals surface area contributed by atoms with Gasteiger partial charge in [-0.05, 0) is 51.6 Å². The maximum absolute atomic E-state index is 14.2. The van der Waals surface area contributed by atoms with Gasteiger partial charge in [0.25, 0.3) is 0 Å². The number of hydrogen-bond donors (Lipinski definition) is 1. The smallest absolute Gasteiger partial charge is 0.325 e. The molecule has 0 bridgehead atoms.